The van der Waals surface area contributed by atoms with Crippen molar-refractivity contribution in [2.24, 2.45) is 10.7 Å². The topological polar surface area (TPSA) is 108 Å². The Morgan fingerprint density at radius 1 is 0.977 bits per heavy atom. The molecule has 2 aliphatic rings. The maximum atomic E-state index is 13.7. The largest absolute Gasteiger partial charge is 0.445 e. The lowest BCUT2D eigenvalue weighted by molar-refractivity contribution is -0.121. The molecule has 3 aromatic carbocycles. The van der Waals surface area contributed by atoms with Gasteiger partial charge in [-0.2, -0.15) is 4.99 Å². The van der Waals surface area contributed by atoms with Gasteiger partial charge in [-0.25, -0.2) is 4.79 Å². The molecule has 224 valence electrons. The fraction of sp³-hybridized carbons (Fsp3) is 0.324. The van der Waals surface area contributed by atoms with Crippen molar-refractivity contribution in [2.45, 2.75) is 41.3 Å². The number of rotatable bonds is 9. The van der Waals surface area contributed by atoms with Gasteiger partial charge < -0.3 is 20.5 Å². The molecule has 43 heavy (non-hydrogen) atoms. The molecule has 0 aromatic heterocycles. The zero-order valence-corrected chi connectivity index (χ0v) is 24.9. The summed E-state index contributed by atoms with van der Waals surface area (Å²) >= 11 is 1.73. The van der Waals surface area contributed by atoms with Crippen LogP contribution in [-0.4, -0.2) is 76.5 Å². The highest BCUT2D eigenvalue weighted by molar-refractivity contribution is 8.01. The molecule has 0 saturated carbocycles. The number of likely N-dealkylation sites (tertiary alicyclic amines) is 2. The maximum absolute atomic E-state index is 13.7. The minimum Gasteiger partial charge on any atom is -0.445 e. The van der Waals surface area contributed by atoms with Crippen LogP contribution in [0.15, 0.2) is 109 Å². The highest BCUT2D eigenvalue weighted by Gasteiger charge is 2.46. The Hall–Kier alpha value is -4.08. The van der Waals surface area contributed by atoms with Gasteiger partial charge in [-0.3, -0.25) is 9.69 Å². The summed E-state index contributed by atoms with van der Waals surface area (Å²) in [7, 11) is 0. The van der Waals surface area contributed by atoms with E-state index in [4.69, 9.17) is 10.5 Å². The average Bonchev–Trinajstić information content (AvgIpc) is 3.71. The van der Waals surface area contributed by atoms with E-state index in [-0.39, 0.29) is 30.5 Å². The molecule has 2 aliphatic heterocycles. The number of aliphatic hydroxyl groups excluding tert-OH is 1. The van der Waals surface area contributed by atoms with Crippen LogP contribution in [0.2, 0.25) is 0 Å². The first kappa shape index (κ1) is 30.4. The van der Waals surface area contributed by atoms with E-state index in [0.717, 1.165) is 29.5 Å². The van der Waals surface area contributed by atoms with Gasteiger partial charge in [0, 0.05) is 18.3 Å². The molecule has 0 radical (unpaired) electrons. The van der Waals surface area contributed by atoms with Gasteiger partial charge in [-0.05, 0) is 36.0 Å². The molecule has 0 spiro atoms. The third-order valence-corrected chi connectivity index (χ3v) is 9.83. The molecule has 3 atom stereocenters. The van der Waals surface area contributed by atoms with E-state index in [1.165, 1.54) is 11.0 Å². The Morgan fingerprint density at radius 3 is 2.05 bits per heavy atom. The number of aliphatic hydroxyl groups is 1. The maximum Gasteiger partial charge on any atom is 0.410 e. The number of carbonyl (C=O) groups is 2. The summed E-state index contributed by atoms with van der Waals surface area (Å²) in [4.78, 5) is 34.4. The van der Waals surface area contributed by atoms with Crippen LogP contribution in [0.1, 0.15) is 36.0 Å². The Balaban J connectivity index is 1.52. The molecule has 3 N–H and O–H groups in total. The van der Waals surface area contributed by atoms with E-state index in [1.54, 1.807) is 16.7 Å². The summed E-state index contributed by atoms with van der Waals surface area (Å²) in [5.41, 5.74) is 9.56. The first-order valence-corrected chi connectivity index (χ1v) is 15.5. The summed E-state index contributed by atoms with van der Waals surface area (Å²) in [6.07, 6.45) is 2.93. The molecule has 9 heteroatoms. The van der Waals surface area contributed by atoms with Crippen molar-refractivity contribution in [3.05, 3.63) is 120 Å². The molecule has 8 nitrogen and oxygen atoms in total. The molecule has 2 saturated heterocycles. The lowest BCUT2D eigenvalue weighted by atomic mass is 9.84. The zero-order chi connectivity index (χ0) is 30.2. The standard InChI is InChI=1S/C34H38N4O4S/c1-2-21-42-33(41)38-23-29(22-30(38)31(40)36-32(35)37-20-12-19-28(37)24-39)43-34(25-13-6-3-7-14-25,26-15-8-4-9-16-26)27-17-10-5-11-18-27/h2-11,13-18,28-30,39H,1,12,19-24H2,(H2,35,36,40)/t28?,29-,30-/m0/s1. The van der Waals surface area contributed by atoms with Crippen LogP contribution in [0.5, 0.6) is 0 Å². The van der Waals surface area contributed by atoms with E-state index in [0.29, 0.717) is 19.5 Å². The van der Waals surface area contributed by atoms with Gasteiger partial charge in [-0.1, -0.05) is 104 Å². The van der Waals surface area contributed by atoms with Crippen molar-refractivity contribution < 1.29 is 19.4 Å². The Kier molecular flexibility index (Phi) is 9.84. The van der Waals surface area contributed by atoms with Crippen LogP contribution in [0.25, 0.3) is 0 Å². The third-order valence-electron chi connectivity index (χ3n) is 8.10. The first-order chi connectivity index (χ1) is 21.0. The summed E-state index contributed by atoms with van der Waals surface area (Å²) in [6, 6.07) is 29.9. The SMILES string of the molecule is C=CCOC(=O)N1C[C@@H](SC(c2ccccc2)(c2ccccc2)c2ccccc2)C[C@H]1C(=O)N=C(N)N1CCCC1CO. The summed E-state index contributed by atoms with van der Waals surface area (Å²) in [5, 5.41) is 9.60. The molecule has 5 rings (SSSR count). The van der Waals surface area contributed by atoms with Gasteiger partial charge in [0.05, 0.1) is 17.4 Å². The molecular formula is C34H38N4O4S. The third kappa shape index (κ3) is 6.48. The quantitative estimate of drug-likeness (QED) is 0.158. The second-order valence-electron chi connectivity index (χ2n) is 10.8. The molecule has 2 amide bonds. The van der Waals surface area contributed by atoms with E-state index < -0.39 is 22.8 Å². The van der Waals surface area contributed by atoms with Gasteiger partial charge in [-0.15, -0.1) is 11.8 Å². The van der Waals surface area contributed by atoms with Crippen LogP contribution in [0.4, 0.5) is 4.79 Å². The smallest absolute Gasteiger partial charge is 0.410 e. The normalized spacial score (nSPS) is 20.7. The number of ether oxygens (including phenoxy) is 1. The molecule has 0 aliphatic carbocycles. The number of aliphatic imine (C=N–C) groups is 1. The number of benzene rings is 3. The minimum atomic E-state index is -0.844. The van der Waals surface area contributed by atoms with Crippen molar-refractivity contribution in [3.8, 4) is 0 Å². The van der Waals surface area contributed by atoms with Crippen molar-refractivity contribution >= 4 is 29.7 Å². The van der Waals surface area contributed by atoms with E-state index in [2.05, 4.69) is 48.0 Å². The zero-order valence-electron chi connectivity index (χ0n) is 24.1. The lowest BCUT2D eigenvalue weighted by Crippen LogP contribution is -2.45. The van der Waals surface area contributed by atoms with E-state index >= 15 is 0 Å². The van der Waals surface area contributed by atoms with Crippen LogP contribution in [0.3, 0.4) is 0 Å². The molecule has 3 aromatic rings. The van der Waals surface area contributed by atoms with Crippen molar-refractivity contribution in [3.63, 3.8) is 0 Å². The minimum absolute atomic E-state index is 0.0351. The summed E-state index contributed by atoms with van der Waals surface area (Å²) < 4.78 is 4.80. The number of guanidine groups is 1. The first-order valence-electron chi connectivity index (χ1n) is 14.6. The highest BCUT2D eigenvalue weighted by Crippen LogP contribution is 2.52. The number of hydrogen-bond donors (Lipinski definition) is 2. The van der Waals surface area contributed by atoms with E-state index in [1.807, 2.05) is 54.6 Å². The fourth-order valence-electron chi connectivity index (χ4n) is 6.08. The second kappa shape index (κ2) is 13.9. The molecular weight excluding hydrogens is 560 g/mol. The average molecular weight is 599 g/mol. The molecule has 1 unspecified atom stereocenters. The van der Waals surface area contributed by atoms with Gasteiger partial charge >= 0.3 is 6.09 Å². The highest BCUT2D eigenvalue weighted by atomic mass is 32.2. The van der Waals surface area contributed by atoms with Gasteiger partial charge in [0.25, 0.3) is 5.91 Å². The van der Waals surface area contributed by atoms with Gasteiger partial charge in [0.2, 0.25) is 0 Å². The monoisotopic (exact) mass is 598 g/mol. The summed E-state index contributed by atoms with van der Waals surface area (Å²) in [5.74, 6) is -0.422. The number of amides is 2. The second-order valence-corrected chi connectivity index (χ2v) is 12.3. The van der Waals surface area contributed by atoms with E-state index in [9.17, 15) is 14.7 Å². The fourth-order valence-corrected chi connectivity index (χ4v) is 7.91. The Bertz CT molecular complexity index is 1320. The number of hydrogen-bond acceptors (Lipinski definition) is 5. The number of nitrogens with zero attached hydrogens (tertiary/aromatic N) is 3. The van der Waals surface area contributed by atoms with Crippen molar-refractivity contribution in [1.29, 1.82) is 0 Å². The van der Waals surface area contributed by atoms with Crippen LogP contribution in [0, 0.1) is 0 Å². The number of carbonyl (C=O) groups excluding carboxylic acids is 2. The Morgan fingerprint density at radius 2 is 1.53 bits per heavy atom. The van der Waals surface area contributed by atoms with Gasteiger partial charge in [0.15, 0.2) is 5.96 Å². The molecule has 2 fully saturated rings. The number of nitrogens with two attached hydrogens (primary N) is 1. The van der Waals surface area contributed by atoms with Gasteiger partial charge in [0.1, 0.15) is 12.6 Å². The van der Waals surface area contributed by atoms with Crippen molar-refractivity contribution in [2.75, 3.05) is 26.3 Å². The van der Waals surface area contributed by atoms with Crippen molar-refractivity contribution in [1.82, 2.24) is 9.80 Å². The predicted molar refractivity (Wildman–Crippen MR) is 171 cm³/mol. The van der Waals surface area contributed by atoms with Crippen LogP contribution >= 0.6 is 11.8 Å². The Labute approximate surface area is 257 Å². The van der Waals surface area contributed by atoms with Crippen LogP contribution < -0.4 is 5.73 Å². The lowest BCUT2D eigenvalue weighted by Gasteiger charge is -2.37. The predicted octanol–water partition coefficient (Wildman–Crippen LogP) is 4.78. The van der Waals surface area contributed by atoms with Crippen LogP contribution in [-0.2, 0) is 14.3 Å². The molecule has 2 heterocycles. The molecule has 0 bridgehead atoms. The number of thioether (sulfide) groups is 1. The summed E-state index contributed by atoms with van der Waals surface area (Å²) in [6.45, 7) is 4.53.